The third-order valence-corrected chi connectivity index (χ3v) is 13.9. The van der Waals surface area contributed by atoms with Crippen molar-refractivity contribution in [3.8, 4) is 11.4 Å². The van der Waals surface area contributed by atoms with Crippen molar-refractivity contribution < 1.29 is 107 Å². The maximum Gasteiger partial charge on any atom is 0.516 e. The Morgan fingerprint density at radius 3 is 1.33 bits per heavy atom. The molecule has 29 nitrogen and oxygen atoms in total. The number of aliphatic carboxylic acids is 1. The lowest BCUT2D eigenvalue weighted by molar-refractivity contribution is -0.156. The largest absolute Gasteiger partial charge is 0.516 e. The van der Waals surface area contributed by atoms with Crippen LogP contribution in [0.3, 0.4) is 0 Å². The van der Waals surface area contributed by atoms with Gasteiger partial charge in [0.2, 0.25) is 0 Å². The second-order valence-corrected chi connectivity index (χ2v) is 25.6. The summed E-state index contributed by atoms with van der Waals surface area (Å²) in [6.07, 6.45) is -1.28. The number of carbonyl (C=O) groups excluding carboxylic acids is 8. The fourth-order valence-electron chi connectivity index (χ4n) is 9.55. The van der Waals surface area contributed by atoms with Crippen LogP contribution in [0.25, 0.3) is 11.4 Å². The van der Waals surface area contributed by atoms with Crippen molar-refractivity contribution in [3.63, 3.8) is 0 Å². The topological polar surface area (TPSA) is 391 Å². The van der Waals surface area contributed by atoms with Crippen molar-refractivity contribution in [1.29, 1.82) is 0 Å². The Hall–Kier alpha value is -9.65. The Kier molecular flexibility index (Phi) is 30.7. The number of aliphatic hydroxyl groups is 1. The van der Waals surface area contributed by atoms with Crippen molar-refractivity contribution in [1.82, 2.24) is 23.8 Å². The molecule has 1 unspecified atom stereocenters. The molecule has 97 heavy (non-hydrogen) atoms. The Labute approximate surface area is 561 Å². The van der Waals surface area contributed by atoms with Crippen molar-refractivity contribution in [2.75, 3.05) is 76.7 Å². The van der Waals surface area contributed by atoms with Crippen LogP contribution in [-0.4, -0.2) is 183 Å². The van der Waals surface area contributed by atoms with Crippen molar-refractivity contribution in [3.05, 3.63) is 118 Å². The Morgan fingerprint density at radius 1 is 0.557 bits per heavy atom. The Bertz CT molecular complexity index is 3500. The number of aliphatic hydroxyl groups excluding tert-OH is 1. The molecule has 3 saturated heterocycles. The van der Waals surface area contributed by atoms with Crippen LogP contribution in [0, 0.1) is 53.1 Å². The van der Waals surface area contributed by atoms with E-state index >= 15 is 0 Å². The zero-order chi connectivity index (χ0) is 72.2. The molecule has 0 radical (unpaired) electrons. The molecule has 0 aliphatic carbocycles. The summed E-state index contributed by atoms with van der Waals surface area (Å²) in [5.74, 6) is -10.3. The molecule has 3 aliphatic heterocycles. The highest BCUT2D eigenvalue weighted by Gasteiger charge is 2.49. The van der Waals surface area contributed by atoms with Crippen LogP contribution in [0.4, 0.5) is 39.3 Å². The number of ether oxygens (including phenoxy) is 8. The second-order valence-electron chi connectivity index (χ2n) is 25.6. The minimum absolute atomic E-state index is 0. The number of likely N-dealkylation sites (tertiary alicyclic amines) is 3. The number of aromatic nitrogens is 2. The van der Waals surface area contributed by atoms with Gasteiger partial charge in [0, 0.05) is 83.3 Å². The summed E-state index contributed by atoms with van der Waals surface area (Å²) in [5, 5.41) is 22.7. The summed E-state index contributed by atoms with van der Waals surface area (Å²) in [7, 11) is 0. The van der Waals surface area contributed by atoms with Crippen LogP contribution in [0.5, 0.6) is 0 Å². The number of nitrogen functional groups attached to an aromatic ring is 1. The van der Waals surface area contributed by atoms with E-state index in [1.54, 1.807) is 120 Å². The highest BCUT2D eigenvalue weighted by Crippen LogP contribution is 2.32. The predicted octanol–water partition coefficient (Wildman–Crippen LogP) is 7.22. The van der Waals surface area contributed by atoms with Gasteiger partial charge >= 0.3 is 54.3 Å². The number of anilines is 2. The maximum absolute atomic E-state index is 14.8. The molecule has 2 aromatic heterocycles. The molecule has 0 bridgehead atoms. The van der Waals surface area contributed by atoms with E-state index in [9.17, 15) is 66.6 Å². The van der Waals surface area contributed by atoms with Gasteiger partial charge in [-0.15, -0.1) is 0 Å². The van der Waals surface area contributed by atoms with Crippen molar-refractivity contribution in [2.24, 2.45) is 41.4 Å². The first-order valence-electron chi connectivity index (χ1n) is 31.0. The molecule has 31 heteroatoms. The van der Waals surface area contributed by atoms with E-state index < -0.39 is 124 Å². The van der Waals surface area contributed by atoms with Crippen LogP contribution in [-0.2, 0) is 61.9 Å². The molecule has 7 rings (SSSR count). The van der Waals surface area contributed by atoms with E-state index in [0.29, 0.717) is 11.4 Å². The number of amides is 3. The number of nitrogens with zero attached hydrogens (tertiary/aromatic N) is 5. The highest BCUT2D eigenvalue weighted by atomic mass is 19.1. The van der Waals surface area contributed by atoms with E-state index in [4.69, 9.17) is 44.0 Å². The summed E-state index contributed by atoms with van der Waals surface area (Å²) >= 11 is 0. The lowest BCUT2D eigenvalue weighted by Gasteiger charge is -2.25. The number of carboxylic acids is 1. The van der Waals surface area contributed by atoms with Crippen LogP contribution in [0.15, 0.2) is 94.8 Å². The first-order valence-corrected chi connectivity index (χ1v) is 31.0. The number of hydrogen-bond donors (Lipinski definition) is 4. The third-order valence-electron chi connectivity index (χ3n) is 13.9. The van der Waals surface area contributed by atoms with Gasteiger partial charge in [-0.25, -0.2) is 28.0 Å². The summed E-state index contributed by atoms with van der Waals surface area (Å²) in [6, 6.07) is 17.7. The van der Waals surface area contributed by atoms with Crippen LogP contribution >= 0.6 is 0 Å². The average Bonchev–Trinajstić information content (AvgIpc) is 1.61. The zero-order valence-corrected chi connectivity index (χ0v) is 57.0. The molecule has 3 aliphatic rings. The highest BCUT2D eigenvalue weighted by molar-refractivity contribution is 5.89. The van der Waals surface area contributed by atoms with Crippen LogP contribution < -0.4 is 22.2 Å². The molecule has 538 valence electrons. The fraction of sp³-hybridized carbons (Fsp3) is 0.530. The summed E-state index contributed by atoms with van der Waals surface area (Å²) < 4.78 is 70.9. The third kappa shape index (κ3) is 25.5. The number of benzene rings is 2. The summed E-state index contributed by atoms with van der Waals surface area (Å²) in [4.78, 5) is 136. The van der Waals surface area contributed by atoms with Gasteiger partial charge < -0.3 is 79.3 Å². The first kappa shape index (κ1) is 81.6. The minimum atomic E-state index is -1.36. The molecule has 3 amide bonds. The van der Waals surface area contributed by atoms with Gasteiger partial charge in [-0.1, -0.05) is 26.0 Å². The number of carboxylic acid groups (broad SMARTS) is 1. The molecular weight excluding hydrogens is 1280 g/mol. The molecule has 7 N–H and O–H groups in total. The normalized spacial score (nSPS) is 18.3. The maximum atomic E-state index is 14.8. The van der Waals surface area contributed by atoms with Gasteiger partial charge in [0.1, 0.15) is 34.7 Å². The number of carbonyl (C=O) groups is 9. The molecule has 0 saturated carbocycles. The van der Waals surface area contributed by atoms with Crippen molar-refractivity contribution >= 4 is 65.7 Å². The number of nitrogens with two attached hydrogens (primary N) is 1. The molecule has 4 aromatic rings. The smallest absolute Gasteiger partial charge is 0.481 e. The minimum Gasteiger partial charge on any atom is -0.481 e. The fourth-order valence-corrected chi connectivity index (χ4v) is 9.55. The van der Waals surface area contributed by atoms with Crippen LogP contribution in [0.2, 0.25) is 0 Å². The van der Waals surface area contributed by atoms with Gasteiger partial charge in [0.25, 0.3) is 11.1 Å². The quantitative estimate of drug-likeness (QED) is 0.0300. The molecule has 7 atom stereocenters. The lowest BCUT2D eigenvalue weighted by atomic mass is 9.94. The van der Waals surface area contributed by atoms with Gasteiger partial charge in [0.15, 0.2) is 0 Å². The monoisotopic (exact) mass is 1370 g/mol. The van der Waals surface area contributed by atoms with E-state index in [1.165, 1.54) is 72.5 Å². The first-order chi connectivity index (χ1) is 44.8. The summed E-state index contributed by atoms with van der Waals surface area (Å²) in [6.45, 7) is 24.4. The molecule has 2 aromatic carbocycles. The van der Waals surface area contributed by atoms with Crippen molar-refractivity contribution in [2.45, 2.75) is 120 Å². The van der Waals surface area contributed by atoms with Gasteiger partial charge in [-0.05, 0) is 125 Å². The van der Waals surface area contributed by atoms with Gasteiger partial charge in [0.05, 0.1) is 78.8 Å². The Balaban J connectivity index is 0.000000459. The van der Waals surface area contributed by atoms with E-state index in [0.717, 1.165) is 0 Å². The van der Waals surface area contributed by atoms with Gasteiger partial charge in [-0.3, -0.25) is 42.7 Å². The standard InChI is InChI=1S/C24H30FN3O6.C18H29NO8.C13H21NO6.C11H9FN2O.H2O.H2/c1-5-33-22(31)17-14-27(23(32)34-24(2,3)4)13-16(17)21(30)26-19-10-9-15(12-18(19)25)28-11-7-6-8-20(28)29;1-7-24-14(20)12-8-19(16(22)27-18(4,5)6)9-13(12)15(21)26-17(23)25-10-11(2)3;1-5-19-11(17)9-7-14(6-8(9)10(15)16)12(18)20-13(2,3)4;12-9-7-8(4-5-10(9)13)14-6-2-1-3-11(14)15;;/h6-12,16-17,21,26,30H,5,13-14H2,1-4H3;11-13H,7-10H2,1-6H3;8-9H,5-7H2,1-4H3,(H,15,16);1-7H,13H2;1H2;1H/t16-,17-,21?;12-,13-;8-,9-;;;/m000.../s1. The molecule has 3 fully saturated rings. The zero-order valence-electron chi connectivity index (χ0n) is 57.0. The average molecular weight is 1370 g/mol. The van der Waals surface area contributed by atoms with E-state index in [-0.39, 0.29) is 101 Å². The number of nitrogens with one attached hydrogen (secondary N) is 1. The summed E-state index contributed by atoms with van der Waals surface area (Å²) in [5.41, 5.74) is 3.55. The SMILES string of the molecule is CCOC(=O)[C@H]1CN(C(=O)OC(C)(C)C)C[C@@H]1C(=O)O.CCOC(=O)[C@H]1CN(C(=O)OC(C)(C)C)C[C@@H]1C(=O)OC(=O)OCC(C)C.CCOC(=O)[C@H]1CN(C(=O)OC(C)(C)C)C[C@@H]1C(O)Nc1ccc(-n2ccccc2=O)cc1F.Nc1ccc(-n2ccccc2=O)cc1F.O.[HH]. The predicted molar refractivity (Wildman–Crippen MR) is 348 cm³/mol. The van der Waals surface area contributed by atoms with Gasteiger partial charge in [-0.2, -0.15) is 0 Å². The number of esters is 4. The lowest BCUT2D eigenvalue weighted by Crippen LogP contribution is -2.38. The second kappa shape index (κ2) is 36.5. The number of pyridine rings is 2. The number of halogens is 2. The molecule has 0 spiro atoms. The number of hydrogen-bond acceptors (Lipinski definition) is 22. The molecule has 5 heterocycles. The Morgan fingerprint density at radius 2 is 0.938 bits per heavy atom. The number of rotatable bonds is 15. The van der Waals surface area contributed by atoms with E-state index in [1.807, 2.05) is 13.8 Å². The van der Waals surface area contributed by atoms with Crippen LogP contribution in [0.1, 0.15) is 98.4 Å². The molecular formula is C66H93F2N7O22. The van der Waals surface area contributed by atoms with E-state index in [2.05, 4.69) is 10.1 Å².